The van der Waals surface area contributed by atoms with E-state index in [1.54, 1.807) is 11.3 Å². The first-order valence-corrected chi connectivity index (χ1v) is 7.99. The van der Waals surface area contributed by atoms with Crippen LogP contribution in [0.4, 0.5) is 0 Å². The highest BCUT2D eigenvalue weighted by molar-refractivity contribution is 7.16. The zero-order valence-corrected chi connectivity index (χ0v) is 13.2. The zero-order valence-electron chi connectivity index (χ0n) is 11.5. The van der Waals surface area contributed by atoms with Gasteiger partial charge in [0, 0.05) is 23.0 Å². The van der Waals surface area contributed by atoms with E-state index in [1.807, 2.05) is 42.4 Å². The number of hydrogen-bond acceptors (Lipinski definition) is 5. The molecule has 0 fully saturated rings. The number of carbonyl (C=O) groups is 1. The molecule has 3 heterocycles. The third-order valence-electron chi connectivity index (χ3n) is 3.21. The molecule has 21 heavy (non-hydrogen) atoms. The molecular weight excluding hydrogens is 306 g/mol. The number of thiophene rings is 1. The zero-order chi connectivity index (χ0) is 15.0. The van der Waals surface area contributed by atoms with Crippen molar-refractivity contribution in [3.05, 3.63) is 34.3 Å². The van der Waals surface area contributed by atoms with Crippen LogP contribution in [0.25, 0.3) is 21.1 Å². The van der Waals surface area contributed by atoms with E-state index in [1.165, 1.54) is 11.3 Å². The molecule has 108 valence electrons. The van der Waals surface area contributed by atoms with Gasteiger partial charge in [-0.25, -0.2) is 4.98 Å². The molecule has 0 atom stereocenters. The summed E-state index contributed by atoms with van der Waals surface area (Å²) in [4.78, 5) is 17.2. The molecule has 3 aromatic heterocycles. The summed E-state index contributed by atoms with van der Waals surface area (Å²) in [6.45, 7) is 2.01. The summed E-state index contributed by atoms with van der Waals surface area (Å²) in [5.41, 5.74) is 3.00. The van der Waals surface area contributed by atoms with Crippen LogP contribution in [0.1, 0.15) is 10.6 Å². The van der Waals surface area contributed by atoms with E-state index in [0.717, 1.165) is 31.7 Å². The van der Waals surface area contributed by atoms with Crippen molar-refractivity contribution in [2.45, 2.75) is 13.3 Å². The van der Waals surface area contributed by atoms with Crippen LogP contribution in [0, 0.1) is 6.92 Å². The average molecular weight is 319 g/mol. The molecule has 0 amide bonds. The van der Waals surface area contributed by atoms with E-state index in [0.29, 0.717) is 0 Å². The topological polar surface area (TPSA) is 68.0 Å². The first-order chi connectivity index (χ1) is 10.0. The van der Waals surface area contributed by atoms with Gasteiger partial charge in [-0.05, 0) is 19.1 Å². The fourth-order valence-corrected chi connectivity index (χ4v) is 3.89. The van der Waals surface area contributed by atoms with Gasteiger partial charge in [0.1, 0.15) is 5.01 Å². The molecular formula is C14H13N3O2S2. The van der Waals surface area contributed by atoms with Gasteiger partial charge in [-0.1, -0.05) is 0 Å². The SMILES string of the molecule is Cc1c(-c2nc(-c3ccc(CC(=O)O)s3)cs2)cnn1C. The fourth-order valence-electron chi connectivity index (χ4n) is 1.98. The molecule has 0 aliphatic carbocycles. The summed E-state index contributed by atoms with van der Waals surface area (Å²) in [6, 6.07) is 3.78. The van der Waals surface area contributed by atoms with E-state index in [-0.39, 0.29) is 6.42 Å². The predicted octanol–water partition coefficient (Wildman–Crippen LogP) is 3.21. The van der Waals surface area contributed by atoms with Crippen molar-refractivity contribution in [1.82, 2.24) is 14.8 Å². The Bertz CT molecular complexity index is 801. The molecule has 0 radical (unpaired) electrons. The predicted molar refractivity (Wildman–Crippen MR) is 83.7 cm³/mol. The molecule has 7 heteroatoms. The lowest BCUT2D eigenvalue weighted by atomic mass is 10.3. The Labute approximate surface area is 129 Å². The van der Waals surface area contributed by atoms with Gasteiger partial charge in [0.05, 0.1) is 28.8 Å². The highest BCUT2D eigenvalue weighted by Gasteiger charge is 2.13. The Hall–Kier alpha value is -1.99. The number of hydrogen-bond donors (Lipinski definition) is 1. The quantitative estimate of drug-likeness (QED) is 0.802. The highest BCUT2D eigenvalue weighted by atomic mass is 32.1. The van der Waals surface area contributed by atoms with Crippen molar-refractivity contribution >= 4 is 28.6 Å². The Kier molecular flexibility index (Phi) is 3.60. The summed E-state index contributed by atoms with van der Waals surface area (Å²) < 4.78 is 1.83. The minimum Gasteiger partial charge on any atom is -0.481 e. The molecule has 0 bridgehead atoms. The number of nitrogens with zero attached hydrogens (tertiary/aromatic N) is 3. The third-order valence-corrected chi connectivity index (χ3v) is 5.19. The summed E-state index contributed by atoms with van der Waals surface area (Å²) in [5, 5.41) is 16.0. The van der Waals surface area contributed by atoms with Crippen molar-refractivity contribution < 1.29 is 9.90 Å². The van der Waals surface area contributed by atoms with E-state index in [2.05, 4.69) is 10.1 Å². The molecule has 0 saturated heterocycles. The maximum Gasteiger partial charge on any atom is 0.308 e. The number of aliphatic carboxylic acids is 1. The molecule has 0 aliphatic rings. The Morgan fingerprint density at radius 2 is 2.24 bits per heavy atom. The summed E-state index contributed by atoms with van der Waals surface area (Å²) in [5.74, 6) is -0.812. The molecule has 5 nitrogen and oxygen atoms in total. The number of aryl methyl sites for hydroxylation is 1. The maximum absolute atomic E-state index is 10.7. The van der Waals surface area contributed by atoms with Crippen LogP contribution in [-0.4, -0.2) is 25.8 Å². The monoisotopic (exact) mass is 319 g/mol. The maximum atomic E-state index is 10.7. The lowest BCUT2D eigenvalue weighted by Crippen LogP contribution is -1.96. The van der Waals surface area contributed by atoms with E-state index < -0.39 is 5.97 Å². The second-order valence-corrected chi connectivity index (χ2v) is 6.67. The Morgan fingerprint density at radius 3 is 2.90 bits per heavy atom. The largest absolute Gasteiger partial charge is 0.481 e. The molecule has 3 aromatic rings. The molecule has 0 aromatic carbocycles. The van der Waals surface area contributed by atoms with Gasteiger partial charge in [-0.15, -0.1) is 22.7 Å². The molecule has 0 aliphatic heterocycles. The average Bonchev–Trinajstić information content (AvgIpc) is 3.11. The van der Waals surface area contributed by atoms with Crippen molar-refractivity contribution in [1.29, 1.82) is 0 Å². The smallest absolute Gasteiger partial charge is 0.308 e. The fraction of sp³-hybridized carbons (Fsp3) is 0.214. The van der Waals surface area contributed by atoms with Crippen LogP contribution in [0.2, 0.25) is 0 Å². The second kappa shape index (κ2) is 5.42. The van der Waals surface area contributed by atoms with Gasteiger partial charge in [0.15, 0.2) is 0 Å². The number of carboxylic acid groups (broad SMARTS) is 1. The summed E-state index contributed by atoms with van der Waals surface area (Å²) in [7, 11) is 1.91. The van der Waals surface area contributed by atoms with E-state index >= 15 is 0 Å². The number of carboxylic acids is 1. The normalized spacial score (nSPS) is 11.0. The molecule has 1 N–H and O–H groups in total. The lowest BCUT2D eigenvalue weighted by molar-refractivity contribution is -0.136. The van der Waals surface area contributed by atoms with Gasteiger partial charge >= 0.3 is 5.97 Å². The highest BCUT2D eigenvalue weighted by Crippen LogP contribution is 2.33. The van der Waals surface area contributed by atoms with Crippen molar-refractivity contribution in [2.24, 2.45) is 7.05 Å². The molecule has 3 rings (SSSR count). The summed E-state index contributed by atoms with van der Waals surface area (Å²) >= 11 is 3.05. The molecule has 0 spiro atoms. The van der Waals surface area contributed by atoms with E-state index in [4.69, 9.17) is 5.11 Å². The van der Waals surface area contributed by atoms with Crippen molar-refractivity contribution in [3.63, 3.8) is 0 Å². The van der Waals surface area contributed by atoms with E-state index in [9.17, 15) is 4.79 Å². The van der Waals surface area contributed by atoms with Crippen LogP contribution in [0.3, 0.4) is 0 Å². The van der Waals surface area contributed by atoms with Gasteiger partial charge in [0.2, 0.25) is 0 Å². The number of aromatic nitrogens is 3. The van der Waals surface area contributed by atoms with Crippen molar-refractivity contribution in [2.75, 3.05) is 0 Å². The Balaban J connectivity index is 1.89. The van der Waals surface area contributed by atoms with Crippen molar-refractivity contribution in [3.8, 4) is 21.1 Å². The van der Waals surface area contributed by atoms with Crippen LogP contribution in [0.15, 0.2) is 23.7 Å². The standard InChI is InChI=1S/C14H13N3O2S2/c1-8-10(6-15-17(8)2)14-16-11(7-20-14)12-4-3-9(21-12)5-13(18)19/h3-4,6-7H,5H2,1-2H3,(H,18,19). The van der Waals surface area contributed by atoms with Crippen LogP contribution < -0.4 is 0 Å². The minimum absolute atomic E-state index is 0.0589. The summed E-state index contributed by atoms with van der Waals surface area (Å²) in [6.07, 6.45) is 1.88. The first kappa shape index (κ1) is 14.0. The van der Waals surface area contributed by atoms with Crippen LogP contribution in [0.5, 0.6) is 0 Å². The molecule has 0 saturated carbocycles. The van der Waals surface area contributed by atoms with Crippen LogP contribution >= 0.6 is 22.7 Å². The second-order valence-electron chi connectivity index (χ2n) is 4.64. The van der Waals surface area contributed by atoms with Gasteiger partial charge in [0.25, 0.3) is 0 Å². The third kappa shape index (κ3) is 2.74. The number of rotatable bonds is 4. The molecule has 0 unspecified atom stereocenters. The van der Waals surface area contributed by atoms with Crippen LogP contribution in [-0.2, 0) is 18.3 Å². The number of thiazole rings is 1. The minimum atomic E-state index is -0.812. The Morgan fingerprint density at radius 1 is 1.43 bits per heavy atom. The van der Waals surface area contributed by atoms with Gasteiger partial charge < -0.3 is 5.11 Å². The first-order valence-electron chi connectivity index (χ1n) is 6.30. The van der Waals surface area contributed by atoms with Gasteiger partial charge in [-0.2, -0.15) is 5.10 Å². The van der Waals surface area contributed by atoms with Gasteiger partial charge in [-0.3, -0.25) is 9.48 Å². The lowest BCUT2D eigenvalue weighted by Gasteiger charge is -1.95.